The first-order chi connectivity index (χ1) is 10.7. The van der Waals surface area contributed by atoms with Crippen molar-refractivity contribution >= 4 is 22.9 Å². The van der Waals surface area contributed by atoms with E-state index >= 15 is 0 Å². The fraction of sp³-hybridized carbons (Fsp3) is 0.400. The second-order valence-electron chi connectivity index (χ2n) is 5.08. The number of benzene rings is 1. The largest absolute Gasteiger partial charge is 0.465 e. The zero-order valence-corrected chi connectivity index (χ0v) is 12.6. The molecule has 7 nitrogen and oxygen atoms in total. The van der Waals surface area contributed by atoms with E-state index in [1.54, 1.807) is 23.2 Å². The first kappa shape index (κ1) is 14.5. The molecule has 3 rings (SSSR count). The predicted molar refractivity (Wildman–Crippen MR) is 81.4 cm³/mol. The zero-order chi connectivity index (χ0) is 15.7. The summed E-state index contributed by atoms with van der Waals surface area (Å²) in [5.41, 5.74) is 1.95. The second-order valence-corrected chi connectivity index (χ2v) is 5.08. The molecule has 1 saturated heterocycles. The minimum Gasteiger partial charge on any atom is -0.465 e. The number of fused-ring (bicyclic) bond motifs is 1. The molecule has 1 aromatic heterocycles. The Labute approximate surface area is 127 Å². The molecule has 2 aromatic rings. The Balaban J connectivity index is 2.17. The van der Waals surface area contributed by atoms with E-state index in [1.807, 2.05) is 11.6 Å². The fourth-order valence-electron chi connectivity index (χ4n) is 2.66. The quantitative estimate of drug-likeness (QED) is 0.833. The molecular weight excluding hydrogens is 284 g/mol. The summed E-state index contributed by atoms with van der Waals surface area (Å²) in [6.07, 6.45) is 0.694. The Kier molecular flexibility index (Phi) is 3.81. The van der Waals surface area contributed by atoms with Crippen LogP contribution in [0.3, 0.4) is 0 Å². The van der Waals surface area contributed by atoms with E-state index < -0.39 is 5.97 Å². The lowest BCUT2D eigenvalue weighted by Gasteiger charge is -2.29. The Bertz CT molecular complexity index is 738. The third kappa shape index (κ3) is 2.33. The van der Waals surface area contributed by atoms with E-state index in [1.165, 1.54) is 7.11 Å². The van der Waals surface area contributed by atoms with E-state index in [9.17, 15) is 9.59 Å². The number of esters is 1. The highest BCUT2D eigenvalue weighted by Gasteiger charge is 2.24. The molecule has 0 radical (unpaired) electrons. The average molecular weight is 302 g/mol. The van der Waals surface area contributed by atoms with E-state index in [2.05, 4.69) is 10.3 Å². The van der Waals surface area contributed by atoms with Crippen LogP contribution in [-0.4, -0.2) is 48.3 Å². The normalized spacial score (nSPS) is 15.4. The summed E-state index contributed by atoms with van der Waals surface area (Å²) in [5, 5.41) is 4.74. The monoisotopic (exact) mass is 302 g/mol. The third-order valence-corrected chi connectivity index (χ3v) is 3.74. The topological polar surface area (TPSA) is 76.5 Å². The van der Waals surface area contributed by atoms with Gasteiger partial charge in [-0.2, -0.15) is 0 Å². The molecule has 22 heavy (non-hydrogen) atoms. The number of ether oxygens (including phenoxy) is 1. The van der Waals surface area contributed by atoms with E-state index in [0.29, 0.717) is 25.1 Å². The summed E-state index contributed by atoms with van der Waals surface area (Å²) in [4.78, 5) is 28.5. The van der Waals surface area contributed by atoms with Crippen molar-refractivity contribution in [1.29, 1.82) is 0 Å². The molecule has 0 atom stereocenters. The maximum atomic E-state index is 12.2. The number of imidazole rings is 1. The maximum absolute atomic E-state index is 12.2. The van der Waals surface area contributed by atoms with Crippen molar-refractivity contribution in [1.82, 2.24) is 15.0 Å². The summed E-state index contributed by atoms with van der Waals surface area (Å²) < 4.78 is 6.59. The van der Waals surface area contributed by atoms with Gasteiger partial charge in [-0.1, -0.05) is 6.92 Å². The summed E-state index contributed by atoms with van der Waals surface area (Å²) in [7, 11) is 1.35. The molecule has 0 aliphatic carbocycles. The van der Waals surface area contributed by atoms with Crippen LogP contribution in [0, 0.1) is 0 Å². The van der Waals surface area contributed by atoms with Gasteiger partial charge in [0.2, 0.25) is 0 Å². The highest BCUT2D eigenvalue weighted by atomic mass is 16.5. The number of rotatable bonds is 3. The van der Waals surface area contributed by atoms with Gasteiger partial charge in [0, 0.05) is 13.0 Å². The number of carbonyl (C=O) groups is 2. The van der Waals surface area contributed by atoms with Crippen LogP contribution < -0.4 is 10.3 Å². The first-order valence-electron chi connectivity index (χ1n) is 7.26. The lowest BCUT2D eigenvalue weighted by atomic mass is 10.2. The molecule has 0 spiro atoms. The summed E-state index contributed by atoms with van der Waals surface area (Å²) in [5.74, 6) is 0.385. The van der Waals surface area contributed by atoms with Crippen LogP contribution in [0.2, 0.25) is 0 Å². The summed E-state index contributed by atoms with van der Waals surface area (Å²) in [6, 6.07) is 5.19. The van der Waals surface area contributed by atoms with Gasteiger partial charge in [0.1, 0.15) is 5.82 Å². The van der Waals surface area contributed by atoms with Crippen LogP contribution >= 0.6 is 0 Å². The van der Waals surface area contributed by atoms with Gasteiger partial charge in [-0.15, -0.1) is 0 Å². The van der Waals surface area contributed by atoms with Gasteiger partial charge in [0.25, 0.3) is 5.91 Å². The SMILES string of the molecule is CCc1nc2ccc(C(=O)OC)cc2n1N1CCNCC1=O. The van der Waals surface area contributed by atoms with Crippen molar-refractivity contribution in [3.05, 3.63) is 29.6 Å². The lowest BCUT2D eigenvalue weighted by Crippen LogP contribution is -2.53. The van der Waals surface area contributed by atoms with Crippen LogP contribution in [0.25, 0.3) is 11.0 Å². The van der Waals surface area contributed by atoms with Gasteiger partial charge < -0.3 is 10.1 Å². The van der Waals surface area contributed by atoms with E-state index in [0.717, 1.165) is 23.4 Å². The van der Waals surface area contributed by atoms with Crippen molar-refractivity contribution in [2.45, 2.75) is 13.3 Å². The second kappa shape index (κ2) is 5.76. The fourth-order valence-corrected chi connectivity index (χ4v) is 2.66. The Hall–Kier alpha value is -2.41. The van der Waals surface area contributed by atoms with Gasteiger partial charge >= 0.3 is 5.97 Å². The minimum atomic E-state index is -0.403. The van der Waals surface area contributed by atoms with Crippen LogP contribution in [0.1, 0.15) is 23.1 Å². The molecule has 1 fully saturated rings. The Morgan fingerprint density at radius 2 is 2.27 bits per heavy atom. The number of methoxy groups -OCH3 is 1. The standard InChI is InChI=1S/C15H18N4O3/c1-3-13-17-11-5-4-10(15(21)22-2)8-12(11)19(13)18-7-6-16-9-14(18)20/h4-5,8,16H,3,6-7,9H2,1-2H3. The molecule has 1 aliphatic rings. The molecular formula is C15H18N4O3. The molecule has 1 amide bonds. The van der Waals surface area contributed by atoms with Crippen LogP contribution in [-0.2, 0) is 16.0 Å². The molecule has 2 heterocycles. The average Bonchev–Trinajstić information content (AvgIpc) is 2.92. The minimum absolute atomic E-state index is 0.0104. The summed E-state index contributed by atoms with van der Waals surface area (Å²) in [6.45, 7) is 3.59. The number of hydrogen-bond donors (Lipinski definition) is 1. The Morgan fingerprint density at radius 1 is 1.45 bits per heavy atom. The van der Waals surface area contributed by atoms with Gasteiger partial charge in [-0.3, -0.25) is 4.79 Å². The molecule has 1 aromatic carbocycles. The molecule has 0 saturated carbocycles. The number of amides is 1. The van der Waals surface area contributed by atoms with Crippen molar-refractivity contribution in [3.8, 4) is 0 Å². The molecule has 0 bridgehead atoms. The number of aryl methyl sites for hydroxylation is 1. The lowest BCUT2D eigenvalue weighted by molar-refractivity contribution is -0.120. The summed E-state index contributed by atoms with van der Waals surface area (Å²) >= 11 is 0. The smallest absolute Gasteiger partial charge is 0.337 e. The van der Waals surface area contributed by atoms with Crippen molar-refractivity contribution in [3.63, 3.8) is 0 Å². The van der Waals surface area contributed by atoms with Gasteiger partial charge in [-0.05, 0) is 18.2 Å². The van der Waals surface area contributed by atoms with Crippen LogP contribution in [0.15, 0.2) is 18.2 Å². The van der Waals surface area contributed by atoms with Gasteiger partial charge in [-0.25, -0.2) is 19.5 Å². The van der Waals surface area contributed by atoms with Gasteiger partial charge in [0.05, 0.1) is 36.8 Å². The molecule has 1 N–H and O–H groups in total. The molecule has 1 aliphatic heterocycles. The number of piperazine rings is 1. The van der Waals surface area contributed by atoms with Crippen molar-refractivity contribution in [2.24, 2.45) is 0 Å². The number of nitrogens with one attached hydrogen (secondary N) is 1. The predicted octanol–water partition coefficient (Wildman–Crippen LogP) is 0.453. The van der Waals surface area contributed by atoms with E-state index in [4.69, 9.17) is 4.74 Å². The van der Waals surface area contributed by atoms with Crippen molar-refractivity contribution in [2.75, 3.05) is 31.8 Å². The number of nitrogens with zero attached hydrogens (tertiary/aromatic N) is 3. The molecule has 0 unspecified atom stereocenters. The Morgan fingerprint density at radius 3 is 2.95 bits per heavy atom. The number of carbonyl (C=O) groups excluding carboxylic acids is 2. The number of aromatic nitrogens is 2. The first-order valence-corrected chi connectivity index (χ1v) is 7.26. The third-order valence-electron chi connectivity index (χ3n) is 3.74. The maximum Gasteiger partial charge on any atom is 0.337 e. The van der Waals surface area contributed by atoms with Crippen molar-refractivity contribution < 1.29 is 14.3 Å². The van der Waals surface area contributed by atoms with Gasteiger partial charge in [0.15, 0.2) is 0 Å². The molecule has 7 heteroatoms. The highest BCUT2D eigenvalue weighted by Crippen LogP contribution is 2.20. The number of hydrogen-bond acceptors (Lipinski definition) is 5. The van der Waals surface area contributed by atoms with Crippen LogP contribution in [0.5, 0.6) is 0 Å². The molecule has 116 valence electrons. The highest BCUT2D eigenvalue weighted by molar-refractivity contribution is 5.95. The van der Waals surface area contributed by atoms with E-state index in [-0.39, 0.29) is 5.91 Å². The van der Waals surface area contributed by atoms with Crippen LogP contribution in [0.4, 0.5) is 0 Å². The zero-order valence-electron chi connectivity index (χ0n) is 12.6.